The minimum absolute atomic E-state index is 0.0571. The number of aliphatic imine (C=N–C) groups is 1. The third kappa shape index (κ3) is 5.89. The summed E-state index contributed by atoms with van der Waals surface area (Å²) in [7, 11) is 0. The number of anilines is 1. The summed E-state index contributed by atoms with van der Waals surface area (Å²) in [6.07, 6.45) is 1.83. The number of hydrogen-bond acceptors (Lipinski definition) is 4. The smallest absolute Gasteiger partial charge is 0.225 e. The van der Waals surface area contributed by atoms with E-state index in [-0.39, 0.29) is 11.3 Å². The van der Waals surface area contributed by atoms with E-state index in [0.29, 0.717) is 13.1 Å². The molecule has 1 saturated heterocycles. The molecule has 144 valence electrons. The van der Waals surface area contributed by atoms with Gasteiger partial charge >= 0.3 is 0 Å². The molecule has 1 aromatic heterocycles. The number of amides is 1. The molecule has 1 amide bonds. The molecule has 0 atom stereocenters. The molecule has 7 nitrogen and oxygen atoms in total. The number of nitrogens with zero attached hydrogens (tertiary/aromatic N) is 4. The first-order valence-electron chi connectivity index (χ1n) is 9.39. The van der Waals surface area contributed by atoms with Crippen molar-refractivity contribution in [3.8, 4) is 0 Å². The van der Waals surface area contributed by atoms with Crippen LogP contribution in [0.2, 0.25) is 0 Å². The molecular weight excluding hydrogens is 328 g/mol. The molecule has 2 heterocycles. The molecule has 0 saturated carbocycles. The van der Waals surface area contributed by atoms with Gasteiger partial charge in [-0.25, -0.2) is 4.98 Å². The molecule has 0 aliphatic carbocycles. The van der Waals surface area contributed by atoms with Crippen LogP contribution in [-0.2, 0) is 4.79 Å². The SMILES string of the molecule is CCNC(=NCCNC(=O)C(C)(C)C)N1CCN(c2ccccn2)CC1. The molecule has 2 N–H and O–H groups in total. The van der Waals surface area contributed by atoms with E-state index in [9.17, 15) is 4.79 Å². The van der Waals surface area contributed by atoms with Gasteiger partial charge in [0.1, 0.15) is 5.82 Å². The first kappa shape index (κ1) is 20.0. The van der Waals surface area contributed by atoms with E-state index in [0.717, 1.165) is 44.5 Å². The largest absolute Gasteiger partial charge is 0.357 e. The molecule has 0 radical (unpaired) electrons. The van der Waals surface area contributed by atoms with Gasteiger partial charge in [-0.2, -0.15) is 0 Å². The minimum atomic E-state index is -0.365. The highest BCUT2D eigenvalue weighted by Gasteiger charge is 2.21. The standard InChI is InChI=1S/C19H32N6O/c1-5-20-18(23-11-10-22-17(26)19(2,3)4)25-14-12-24(13-15-25)16-8-6-7-9-21-16/h6-9H,5,10-15H2,1-4H3,(H,20,23)(H,22,26). The van der Waals surface area contributed by atoms with Gasteiger partial charge in [-0.05, 0) is 19.1 Å². The topological polar surface area (TPSA) is 72.9 Å². The summed E-state index contributed by atoms with van der Waals surface area (Å²) >= 11 is 0. The van der Waals surface area contributed by atoms with Crippen molar-refractivity contribution in [1.82, 2.24) is 20.5 Å². The van der Waals surface area contributed by atoms with Gasteiger partial charge in [0.2, 0.25) is 5.91 Å². The molecule has 0 unspecified atom stereocenters. The minimum Gasteiger partial charge on any atom is -0.357 e. The van der Waals surface area contributed by atoms with Crippen molar-refractivity contribution in [3.63, 3.8) is 0 Å². The first-order chi connectivity index (χ1) is 12.4. The van der Waals surface area contributed by atoms with E-state index in [2.05, 4.69) is 37.3 Å². The number of aromatic nitrogens is 1. The maximum atomic E-state index is 11.9. The predicted octanol–water partition coefficient (Wildman–Crippen LogP) is 1.33. The van der Waals surface area contributed by atoms with E-state index >= 15 is 0 Å². The Morgan fingerprint density at radius 1 is 1.19 bits per heavy atom. The maximum absolute atomic E-state index is 11.9. The second kappa shape index (κ2) is 9.40. The lowest BCUT2D eigenvalue weighted by molar-refractivity contribution is -0.128. The van der Waals surface area contributed by atoms with Crippen molar-refractivity contribution in [2.45, 2.75) is 27.7 Å². The van der Waals surface area contributed by atoms with Gasteiger partial charge in [-0.3, -0.25) is 9.79 Å². The van der Waals surface area contributed by atoms with Crippen molar-refractivity contribution in [2.24, 2.45) is 10.4 Å². The monoisotopic (exact) mass is 360 g/mol. The second-order valence-corrected chi connectivity index (χ2v) is 7.40. The number of nitrogens with one attached hydrogen (secondary N) is 2. The van der Waals surface area contributed by atoms with Gasteiger partial charge in [-0.15, -0.1) is 0 Å². The third-order valence-electron chi connectivity index (χ3n) is 4.23. The van der Waals surface area contributed by atoms with Gasteiger partial charge in [-0.1, -0.05) is 26.8 Å². The molecule has 0 aromatic carbocycles. The van der Waals surface area contributed by atoms with E-state index in [1.54, 1.807) is 0 Å². The van der Waals surface area contributed by atoms with Crippen LogP contribution in [0.25, 0.3) is 0 Å². The molecule has 1 aliphatic rings. The lowest BCUT2D eigenvalue weighted by atomic mass is 9.96. The Hall–Kier alpha value is -2.31. The Labute approximate surface area is 156 Å². The van der Waals surface area contributed by atoms with Gasteiger partial charge < -0.3 is 20.4 Å². The normalized spacial score (nSPS) is 15.8. The Kier molecular flexibility index (Phi) is 7.24. The van der Waals surface area contributed by atoms with Crippen LogP contribution in [-0.4, -0.2) is 67.6 Å². The second-order valence-electron chi connectivity index (χ2n) is 7.40. The van der Waals surface area contributed by atoms with Crippen LogP contribution in [0.3, 0.4) is 0 Å². The molecule has 0 bridgehead atoms. The number of carbonyl (C=O) groups is 1. The average Bonchev–Trinajstić information content (AvgIpc) is 2.64. The summed E-state index contributed by atoms with van der Waals surface area (Å²) in [4.78, 5) is 25.6. The van der Waals surface area contributed by atoms with Gasteiger partial charge in [0.25, 0.3) is 0 Å². The fourth-order valence-corrected chi connectivity index (χ4v) is 2.71. The number of carbonyl (C=O) groups excluding carboxylic acids is 1. The summed E-state index contributed by atoms with van der Waals surface area (Å²) < 4.78 is 0. The molecular formula is C19H32N6O. The van der Waals surface area contributed by atoms with Gasteiger partial charge in [0.05, 0.1) is 6.54 Å². The van der Waals surface area contributed by atoms with Crippen molar-refractivity contribution in [1.29, 1.82) is 0 Å². The molecule has 1 aliphatic heterocycles. The van der Waals surface area contributed by atoms with Gasteiger partial charge in [0, 0.05) is 50.9 Å². The fraction of sp³-hybridized carbons (Fsp3) is 0.632. The van der Waals surface area contributed by atoms with Crippen molar-refractivity contribution in [2.75, 3.05) is 50.7 Å². The van der Waals surface area contributed by atoms with Crippen LogP contribution in [0.1, 0.15) is 27.7 Å². The first-order valence-corrected chi connectivity index (χ1v) is 9.39. The number of hydrogen-bond donors (Lipinski definition) is 2. The number of rotatable bonds is 5. The highest BCUT2D eigenvalue weighted by Crippen LogP contribution is 2.13. The number of piperazine rings is 1. The maximum Gasteiger partial charge on any atom is 0.225 e. The zero-order valence-electron chi connectivity index (χ0n) is 16.5. The van der Waals surface area contributed by atoms with Crippen LogP contribution in [0.4, 0.5) is 5.82 Å². The summed E-state index contributed by atoms with van der Waals surface area (Å²) in [5.41, 5.74) is -0.365. The molecule has 0 spiro atoms. The van der Waals surface area contributed by atoms with Crippen molar-refractivity contribution >= 4 is 17.7 Å². The zero-order chi connectivity index (χ0) is 19.0. The van der Waals surface area contributed by atoms with E-state index in [1.165, 1.54) is 0 Å². The third-order valence-corrected chi connectivity index (χ3v) is 4.23. The van der Waals surface area contributed by atoms with Crippen LogP contribution in [0.5, 0.6) is 0 Å². The van der Waals surface area contributed by atoms with E-state index < -0.39 is 0 Å². The Morgan fingerprint density at radius 3 is 2.50 bits per heavy atom. The van der Waals surface area contributed by atoms with Crippen molar-refractivity contribution in [3.05, 3.63) is 24.4 Å². The van der Waals surface area contributed by atoms with Gasteiger partial charge in [0.15, 0.2) is 5.96 Å². The van der Waals surface area contributed by atoms with E-state index in [1.807, 2.05) is 45.2 Å². The number of pyridine rings is 1. The summed E-state index contributed by atoms with van der Waals surface area (Å²) in [6.45, 7) is 13.4. The van der Waals surface area contributed by atoms with E-state index in [4.69, 9.17) is 0 Å². The Bertz CT molecular complexity index is 588. The van der Waals surface area contributed by atoms with Crippen molar-refractivity contribution < 1.29 is 4.79 Å². The van der Waals surface area contributed by atoms with Crippen LogP contribution < -0.4 is 15.5 Å². The molecule has 2 rings (SSSR count). The van der Waals surface area contributed by atoms with Crippen LogP contribution >= 0.6 is 0 Å². The molecule has 7 heteroatoms. The molecule has 1 aromatic rings. The molecule has 26 heavy (non-hydrogen) atoms. The fourth-order valence-electron chi connectivity index (χ4n) is 2.71. The Balaban J connectivity index is 1.84. The lowest BCUT2D eigenvalue weighted by Gasteiger charge is -2.37. The molecule has 1 fully saturated rings. The lowest BCUT2D eigenvalue weighted by Crippen LogP contribution is -2.53. The number of guanidine groups is 1. The van der Waals surface area contributed by atoms with Crippen LogP contribution in [0, 0.1) is 5.41 Å². The summed E-state index contributed by atoms with van der Waals surface area (Å²) in [6, 6.07) is 6.01. The summed E-state index contributed by atoms with van der Waals surface area (Å²) in [5.74, 6) is 2.00. The Morgan fingerprint density at radius 2 is 1.92 bits per heavy atom. The quantitative estimate of drug-likeness (QED) is 0.471. The zero-order valence-corrected chi connectivity index (χ0v) is 16.5. The highest BCUT2D eigenvalue weighted by molar-refractivity contribution is 5.81. The predicted molar refractivity (Wildman–Crippen MR) is 106 cm³/mol. The van der Waals surface area contributed by atoms with Crippen LogP contribution in [0.15, 0.2) is 29.4 Å². The summed E-state index contributed by atoms with van der Waals surface area (Å²) in [5, 5.41) is 6.30. The highest BCUT2D eigenvalue weighted by atomic mass is 16.2. The average molecular weight is 361 g/mol.